The molecule has 0 bridgehead atoms. The minimum Gasteiger partial charge on any atom is -0.476 e. The van der Waals surface area contributed by atoms with Crippen molar-refractivity contribution in [1.82, 2.24) is 19.7 Å². The molecule has 3 rings (SSSR count). The molecule has 0 atom stereocenters. The van der Waals surface area contributed by atoms with Gasteiger partial charge in [-0.05, 0) is 25.3 Å². The van der Waals surface area contributed by atoms with Gasteiger partial charge < -0.3 is 5.11 Å². The monoisotopic (exact) mass is 244 g/mol. The second-order valence-corrected chi connectivity index (χ2v) is 4.19. The standard InChI is InChI=1S/C12H12N4O2/c1-2-16-11-8(10(15-16)12(17)18)4-3-7-5-13-6-14-9(7)11/h5-6H,2-4H2,1H3,(H,17,18). The molecule has 0 amide bonds. The van der Waals surface area contributed by atoms with Gasteiger partial charge in [-0.1, -0.05) is 0 Å². The van der Waals surface area contributed by atoms with Crippen molar-refractivity contribution in [3.8, 4) is 11.4 Å². The van der Waals surface area contributed by atoms with Gasteiger partial charge in [-0.3, -0.25) is 4.68 Å². The fraction of sp³-hybridized carbons (Fsp3) is 0.333. The normalized spacial score (nSPS) is 12.9. The first kappa shape index (κ1) is 10.9. The lowest BCUT2D eigenvalue weighted by molar-refractivity contribution is 0.0688. The lowest BCUT2D eigenvalue weighted by Crippen LogP contribution is -2.10. The van der Waals surface area contributed by atoms with Crippen molar-refractivity contribution in [3.05, 3.63) is 29.3 Å². The third-order valence-corrected chi connectivity index (χ3v) is 3.21. The van der Waals surface area contributed by atoms with E-state index in [2.05, 4.69) is 15.1 Å². The highest BCUT2D eigenvalue weighted by Gasteiger charge is 2.28. The van der Waals surface area contributed by atoms with E-state index in [0.29, 0.717) is 13.0 Å². The summed E-state index contributed by atoms with van der Waals surface area (Å²) in [5.74, 6) is -0.976. The van der Waals surface area contributed by atoms with Crippen LogP contribution in [0.1, 0.15) is 28.5 Å². The Morgan fingerprint density at radius 3 is 3.06 bits per heavy atom. The van der Waals surface area contributed by atoms with Crippen molar-refractivity contribution in [2.24, 2.45) is 0 Å². The van der Waals surface area contributed by atoms with E-state index in [9.17, 15) is 9.90 Å². The number of hydrogen-bond donors (Lipinski definition) is 1. The summed E-state index contributed by atoms with van der Waals surface area (Å²) in [7, 11) is 0. The Balaban J connectivity index is 2.29. The van der Waals surface area contributed by atoms with E-state index in [1.54, 1.807) is 10.9 Å². The number of carboxylic acid groups (broad SMARTS) is 1. The van der Waals surface area contributed by atoms with E-state index in [0.717, 1.165) is 28.9 Å². The van der Waals surface area contributed by atoms with Gasteiger partial charge in [-0.25, -0.2) is 14.8 Å². The van der Waals surface area contributed by atoms with Crippen LogP contribution in [0.4, 0.5) is 0 Å². The summed E-state index contributed by atoms with van der Waals surface area (Å²) in [6, 6.07) is 0. The number of rotatable bonds is 2. The van der Waals surface area contributed by atoms with Crippen LogP contribution in [0.3, 0.4) is 0 Å². The van der Waals surface area contributed by atoms with Crippen LogP contribution >= 0.6 is 0 Å². The van der Waals surface area contributed by atoms with Crippen molar-refractivity contribution >= 4 is 5.97 Å². The minimum absolute atomic E-state index is 0.149. The Hall–Kier alpha value is -2.24. The van der Waals surface area contributed by atoms with Crippen molar-refractivity contribution in [1.29, 1.82) is 0 Å². The summed E-state index contributed by atoms with van der Waals surface area (Å²) in [4.78, 5) is 19.5. The quantitative estimate of drug-likeness (QED) is 0.857. The molecule has 1 N–H and O–H groups in total. The van der Waals surface area contributed by atoms with Crippen LogP contribution in [-0.2, 0) is 19.4 Å². The molecule has 2 heterocycles. The zero-order valence-electron chi connectivity index (χ0n) is 9.92. The number of hydrogen-bond acceptors (Lipinski definition) is 4. The highest BCUT2D eigenvalue weighted by molar-refractivity contribution is 5.90. The van der Waals surface area contributed by atoms with Crippen molar-refractivity contribution < 1.29 is 9.90 Å². The van der Waals surface area contributed by atoms with Crippen LogP contribution in [0, 0.1) is 0 Å². The smallest absolute Gasteiger partial charge is 0.356 e. The molecule has 0 aliphatic heterocycles. The number of aromatic nitrogens is 4. The van der Waals surface area contributed by atoms with Crippen LogP contribution in [0.25, 0.3) is 11.4 Å². The van der Waals surface area contributed by atoms with Gasteiger partial charge in [0.1, 0.15) is 6.33 Å². The molecular weight excluding hydrogens is 232 g/mol. The van der Waals surface area contributed by atoms with Crippen molar-refractivity contribution in [2.45, 2.75) is 26.3 Å². The topological polar surface area (TPSA) is 80.9 Å². The molecule has 0 spiro atoms. The molecule has 18 heavy (non-hydrogen) atoms. The van der Waals surface area contributed by atoms with Crippen molar-refractivity contribution in [2.75, 3.05) is 0 Å². The number of aryl methyl sites for hydroxylation is 2. The Morgan fingerprint density at radius 1 is 1.50 bits per heavy atom. The Kier molecular flexibility index (Phi) is 2.36. The summed E-state index contributed by atoms with van der Waals surface area (Å²) in [5.41, 5.74) is 3.63. The highest BCUT2D eigenvalue weighted by Crippen LogP contribution is 2.33. The third kappa shape index (κ3) is 1.42. The Bertz CT molecular complexity index is 633. The molecule has 2 aromatic rings. The summed E-state index contributed by atoms with van der Waals surface area (Å²) in [5, 5.41) is 13.4. The van der Waals surface area contributed by atoms with E-state index in [4.69, 9.17) is 0 Å². The van der Waals surface area contributed by atoms with E-state index in [1.807, 2.05) is 6.92 Å². The number of carboxylic acids is 1. The maximum atomic E-state index is 11.2. The maximum absolute atomic E-state index is 11.2. The first-order valence-corrected chi connectivity index (χ1v) is 5.84. The van der Waals surface area contributed by atoms with E-state index in [1.165, 1.54) is 6.33 Å². The SMILES string of the molecule is CCn1nc(C(=O)O)c2c1-c1ncncc1CC2. The third-order valence-electron chi connectivity index (χ3n) is 3.21. The van der Waals surface area contributed by atoms with Gasteiger partial charge in [0.25, 0.3) is 0 Å². The molecule has 0 saturated carbocycles. The van der Waals surface area contributed by atoms with Gasteiger partial charge in [0.2, 0.25) is 0 Å². The molecule has 6 nitrogen and oxygen atoms in total. The second kappa shape index (κ2) is 3.90. The molecule has 92 valence electrons. The van der Waals surface area contributed by atoms with E-state index in [-0.39, 0.29) is 5.69 Å². The fourth-order valence-corrected chi connectivity index (χ4v) is 2.42. The lowest BCUT2D eigenvalue weighted by atomic mass is 9.93. The van der Waals surface area contributed by atoms with Gasteiger partial charge in [-0.2, -0.15) is 5.10 Å². The predicted molar refractivity (Wildman–Crippen MR) is 63.3 cm³/mol. The summed E-state index contributed by atoms with van der Waals surface area (Å²) in [6.45, 7) is 2.56. The highest BCUT2D eigenvalue weighted by atomic mass is 16.4. The molecule has 1 aliphatic rings. The first-order chi connectivity index (χ1) is 8.72. The van der Waals surface area contributed by atoms with Crippen molar-refractivity contribution in [3.63, 3.8) is 0 Å². The Labute approximate surface area is 103 Å². The zero-order chi connectivity index (χ0) is 12.7. The molecule has 6 heteroatoms. The van der Waals surface area contributed by atoms with Crippen LogP contribution in [0.15, 0.2) is 12.5 Å². The largest absolute Gasteiger partial charge is 0.476 e. The average molecular weight is 244 g/mol. The van der Waals surface area contributed by atoms with Crippen LogP contribution in [0.5, 0.6) is 0 Å². The van der Waals surface area contributed by atoms with Gasteiger partial charge in [0.15, 0.2) is 5.69 Å². The summed E-state index contributed by atoms with van der Waals surface area (Å²) >= 11 is 0. The average Bonchev–Trinajstić information content (AvgIpc) is 2.78. The predicted octanol–water partition coefficient (Wildman–Crippen LogP) is 1.16. The Morgan fingerprint density at radius 2 is 2.33 bits per heavy atom. The number of carbonyl (C=O) groups is 1. The summed E-state index contributed by atoms with van der Waals surface area (Å²) in [6.07, 6.45) is 4.72. The molecule has 0 radical (unpaired) electrons. The van der Waals surface area contributed by atoms with Gasteiger partial charge in [-0.15, -0.1) is 0 Å². The first-order valence-electron chi connectivity index (χ1n) is 5.84. The van der Waals surface area contributed by atoms with E-state index >= 15 is 0 Å². The molecule has 0 aromatic carbocycles. The van der Waals surface area contributed by atoms with Crippen LogP contribution < -0.4 is 0 Å². The van der Waals surface area contributed by atoms with Gasteiger partial charge in [0, 0.05) is 18.3 Å². The molecule has 0 unspecified atom stereocenters. The van der Waals surface area contributed by atoms with E-state index < -0.39 is 5.97 Å². The number of fused-ring (bicyclic) bond motifs is 3. The van der Waals surface area contributed by atoms with Gasteiger partial charge in [0.05, 0.1) is 11.4 Å². The molecule has 2 aromatic heterocycles. The molecule has 0 saturated heterocycles. The number of nitrogens with zero attached hydrogens (tertiary/aromatic N) is 4. The zero-order valence-corrected chi connectivity index (χ0v) is 9.92. The molecule has 0 fully saturated rings. The second-order valence-electron chi connectivity index (χ2n) is 4.19. The molecular formula is C12H12N4O2. The fourth-order valence-electron chi connectivity index (χ4n) is 2.42. The minimum atomic E-state index is -0.976. The van der Waals surface area contributed by atoms with Crippen LogP contribution in [0.2, 0.25) is 0 Å². The summed E-state index contributed by atoms with van der Waals surface area (Å²) < 4.78 is 1.71. The lowest BCUT2D eigenvalue weighted by Gasteiger charge is -2.16. The maximum Gasteiger partial charge on any atom is 0.356 e. The number of aromatic carboxylic acids is 1. The molecule has 1 aliphatic carbocycles. The van der Waals surface area contributed by atoms with Gasteiger partial charge >= 0.3 is 5.97 Å². The van der Waals surface area contributed by atoms with Crippen LogP contribution in [-0.4, -0.2) is 30.8 Å².